The smallest absolute Gasteiger partial charge is 0.106 e. The van der Waals surface area contributed by atoms with Crippen molar-refractivity contribution < 1.29 is 0 Å². The highest BCUT2D eigenvalue weighted by atomic mass is 14.9. The van der Waals surface area contributed by atoms with Crippen LogP contribution >= 0.6 is 0 Å². The molecule has 0 saturated carbocycles. The molecule has 0 bridgehead atoms. The molecule has 0 saturated heterocycles. The molecule has 1 aliphatic carbocycles. The van der Waals surface area contributed by atoms with Crippen LogP contribution < -0.4 is 0 Å². The van der Waals surface area contributed by atoms with Crippen molar-refractivity contribution in [1.29, 1.82) is 0 Å². The number of nitrogens with zero attached hydrogens (tertiary/aromatic N) is 1. The van der Waals surface area contributed by atoms with Gasteiger partial charge in [0.05, 0.1) is 11.4 Å². The normalized spacial score (nSPS) is 14.6. The van der Waals surface area contributed by atoms with Gasteiger partial charge in [0.15, 0.2) is 0 Å². The zero-order valence-electron chi connectivity index (χ0n) is 12.8. The Hall–Kier alpha value is -1.57. The molecule has 0 spiro atoms. The molecular formula is C18H24N2. The molecule has 2 nitrogen and oxygen atoms in total. The zero-order chi connectivity index (χ0) is 14.1. The molecule has 0 aliphatic heterocycles. The number of rotatable bonds is 2. The Kier molecular flexibility index (Phi) is 3.64. The van der Waals surface area contributed by atoms with Crippen LogP contribution in [0.5, 0.6) is 0 Å². The summed E-state index contributed by atoms with van der Waals surface area (Å²) in [6.45, 7) is 6.69. The average molecular weight is 268 g/mol. The van der Waals surface area contributed by atoms with Crippen LogP contribution in [0.3, 0.4) is 0 Å². The van der Waals surface area contributed by atoms with Gasteiger partial charge in [-0.3, -0.25) is 0 Å². The quantitative estimate of drug-likeness (QED) is 0.844. The van der Waals surface area contributed by atoms with Crippen LogP contribution in [0.25, 0.3) is 11.3 Å². The first-order valence-electron chi connectivity index (χ1n) is 7.90. The number of benzene rings is 1. The molecular weight excluding hydrogens is 244 g/mol. The summed E-state index contributed by atoms with van der Waals surface area (Å²) in [4.78, 5) is 8.32. The Labute approximate surface area is 121 Å². The van der Waals surface area contributed by atoms with Gasteiger partial charge in [-0.25, -0.2) is 4.98 Å². The lowest BCUT2D eigenvalue weighted by molar-refractivity contribution is 0.717. The van der Waals surface area contributed by atoms with Crippen LogP contribution in [0.4, 0.5) is 0 Å². The fourth-order valence-electron chi connectivity index (χ4n) is 3.07. The zero-order valence-corrected chi connectivity index (χ0v) is 12.8. The van der Waals surface area contributed by atoms with Crippen LogP contribution in [0.1, 0.15) is 62.2 Å². The third kappa shape index (κ3) is 2.39. The van der Waals surface area contributed by atoms with Gasteiger partial charge in [0.1, 0.15) is 5.82 Å². The number of nitrogens with one attached hydrogen (secondary N) is 1. The number of hydrogen-bond donors (Lipinski definition) is 1. The second-order valence-corrected chi connectivity index (χ2v) is 6.14. The Morgan fingerprint density at radius 3 is 2.75 bits per heavy atom. The SMILES string of the molecule is CCc1nc2c([nH]1)-c1ccc(C(C)C)cc1CCCC2. The minimum Gasteiger partial charge on any atom is -0.342 e. The van der Waals surface area contributed by atoms with Crippen molar-refractivity contribution in [3.05, 3.63) is 40.8 Å². The largest absolute Gasteiger partial charge is 0.342 e. The molecule has 20 heavy (non-hydrogen) atoms. The summed E-state index contributed by atoms with van der Waals surface area (Å²) in [5.41, 5.74) is 6.84. The number of hydrogen-bond acceptors (Lipinski definition) is 1. The Bertz CT molecular complexity index is 608. The summed E-state index contributed by atoms with van der Waals surface area (Å²) in [7, 11) is 0. The van der Waals surface area contributed by atoms with E-state index in [1.165, 1.54) is 47.3 Å². The van der Waals surface area contributed by atoms with E-state index in [0.717, 1.165) is 18.7 Å². The van der Waals surface area contributed by atoms with E-state index in [1.54, 1.807) is 0 Å². The maximum Gasteiger partial charge on any atom is 0.106 e. The fraction of sp³-hybridized carbons (Fsp3) is 0.500. The minimum absolute atomic E-state index is 0.596. The molecule has 0 atom stereocenters. The Morgan fingerprint density at radius 1 is 1.20 bits per heavy atom. The average Bonchev–Trinajstić information content (AvgIpc) is 2.83. The topological polar surface area (TPSA) is 28.7 Å². The van der Waals surface area contributed by atoms with Crippen LogP contribution in [-0.4, -0.2) is 9.97 Å². The van der Waals surface area contributed by atoms with Crippen molar-refractivity contribution in [3.63, 3.8) is 0 Å². The molecule has 3 rings (SSSR count). The number of aromatic nitrogens is 2. The third-order valence-electron chi connectivity index (χ3n) is 4.34. The van der Waals surface area contributed by atoms with Gasteiger partial charge in [0.25, 0.3) is 0 Å². The van der Waals surface area contributed by atoms with E-state index < -0.39 is 0 Å². The van der Waals surface area contributed by atoms with Gasteiger partial charge in [0, 0.05) is 12.0 Å². The van der Waals surface area contributed by atoms with Gasteiger partial charge >= 0.3 is 0 Å². The van der Waals surface area contributed by atoms with Crippen LogP contribution in [0.15, 0.2) is 18.2 Å². The molecule has 1 aromatic carbocycles. The molecule has 2 heteroatoms. The molecule has 0 amide bonds. The van der Waals surface area contributed by atoms with Crippen molar-refractivity contribution in [1.82, 2.24) is 9.97 Å². The number of aryl methyl sites for hydroxylation is 3. The molecule has 0 fully saturated rings. The van der Waals surface area contributed by atoms with Gasteiger partial charge in [-0.1, -0.05) is 39.0 Å². The molecule has 1 aromatic heterocycles. The van der Waals surface area contributed by atoms with Crippen LogP contribution in [-0.2, 0) is 19.3 Å². The lowest BCUT2D eigenvalue weighted by Gasteiger charge is -2.16. The second-order valence-electron chi connectivity index (χ2n) is 6.14. The fourth-order valence-corrected chi connectivity index (χ4v) is 3.07. The van der Waals surface area contributed by atoms with Gasteiger partial charge in [-0.15, -0.1) is 0 Å². The van der Waals surface area contributed by atoms with Crippen molar-refractivity contribution in [2.24, 2.45) is 0 Å². The summed E-state index contributed by atoms with van der Waals surface area (Å²) in [5, 5.41) is 0. The third-order valence-corrected chi connectivity index (χ3v) is 4.34. The van der Waals surface area contributed by atoms with Crippen LogP contribution in [0, 0.1) is 0 Å². The molecule has 2 aromatic rings. The van der Waals surface area contributed by atoms with E-state index in [4.69, 9.17) is 4.98 Å². The van der Waals surface area contributed by atoms with Crippen molar-refractivity contribution >= 4 is 0 Å². The highest BCUT2D eigenvalue weighted by Crippen LogP contribution is 2.32. The van der Waals surface area contributed by atoms with E-state index in [9.17, 15) is 0 Å². The predicted molar refractivity (Wildman–Crippen MR) is 84.1 cm³/mol. The van der Waals surface area contributed by atoms with Crippen molar-refractivity contribution in [2.45, 2.75) is 58.8 Å². The summed E-state index contributed by atoms with van der Waals surface area (Å²) in [6.07, 6.45) is 5.79. The van der Waals surface area contributed by atoms with Gasteiger partial charge < -0.3 is 4.98 Å². The highest BCUT2D eigenvalue weighted by molar-refractivity contribution is 5.67. The molecule has 0 unspecified atom stereocenters. The van der Waals surface area contributed by atoms with E-state index in [0.29, 0.717) is 5.92 Å². The van der Waals surface area contributed by atoms with Gasteiger partial charge in [-0.2, -0.15) is 0 Å². The summed E-state index contributed by atoms with van der Waals surface area (Å²) in [6, 6.07) is 6.98. The lowest BCUT2D eigenvalue weighted by Crippen LogP contribution is -2.01. The van der Waals surface area contributed by atoms with Crippen molar-refractivity contribution in [2.75, 3.05) is 0 Å². The number of fused-ring (bicyclic) bond motifs is 3. The summed E-state index contributed by atoms with van der Waals surface area (Å²) in [5.74, 6) is 1.72. The van der Waals surface area contributed by atoms with E-state index in [-0.39, 0.29) is 0 Å². The molecule has 1 aliphatic rings. The first kappa shape index (κ1) is 13.4. The van der Waals surface area contributed by atoms with Crippen molar-refractivity contribution in [3.8, 4) is 11.3 Å². The Morgan fingerprint density at radius 2 is 2.00 bits per heavy atom. The predicted octanol–water partition coefficient (Wildman–Crippen LogP) is 4.64. The molecule has 1 N–H and O–H groups in total. The van der Waals surface area contributed by atoms with E-state index in [1.807, 2.05) is 0 Å². The van der Waals surface area contributed by atoms with Crippen LogP contribution in [0.2, 0.25) is 0 Å². The first-order chi connectivity index (χ1) is 9.69. The second kappa shape index (κ2) is 5.43. The van der Waals surface area contributed by atoms with E-state index in [2.05, 4.69) is 44.0 Å². The first-order valence-corrected chi connectivity index (χ1v) is 7.90. The molecule has 0 radical (unpaired) electrons. The summed E-state index contributed by atoms with van der Waals surface area (Å²) >= 11 is 0. The maximum atomic E-state index is 4.77. The number of aromatic amines is 1. The number of imidazole rings is 1. The standard InChI is InChI=1S/C18H24N2/c1-4-17-19-16-8-6-5-7-14-11-13(12(2)3)9-10-15(14)18(16)20-17/h9-12H,4-8H2,1-3H3,(H,19,20). The maximum absolute atomic E-state index is 4.77. The number of H-pyrrole nitrogens is 1. The minimum atomic E-state index is 0.596. The summed E-state index contributed by atoms with van der Waals surface area (Å²) < 4.78 is 0. The van der Waals surface area contributed by atoms with Gasteiger partial charge in [-0.05, 0) is 42.7 Å². The Balaban J connectivity index is 2.13. The lowest BCUT2D eigenvalue weighted by atomic mass is 9.90. The van der Waals surface area contributed by atoms with E-state index >= 15 is 0 Å². The van der Waals surface area contributed by atoms with Gasteiger partial charge in [0.2, 0.25) is 0 Å². The molecule has 106 valence electrons. The molecule has 1 heterocycles. The highest BCUT2D eigenvalue weighted by Gasteiger charge is 2.17. The monoisotopic (exact) mass is 268 g/mol.